The van der Waals surface area contributed by atoms with Gasteiger partial charge >= 0.3 is 0 Å². The van der Waals surface area contributed by atoms with Crippen LogP contribution in [0.1, 0.15) is 114 Å². The number of piperazine rings is 1. The third kappa shape index (κ3) is 11.2. The monoisotopic (exact) mass is 1110 g/mol. The number of piperidine rings is 3. The highest BCUT2D eigenvalue weighted by molar-refractivity contribution is 7.13. The number of carbonyl (C=O) groups excluding carboxylic acids is 2. The second-order valence-corrected chi connectivity index (χ2v) is 26.5. The number of phenols is 1. The predicted octanol–water partition coefficient (Wildman–Crippen LogP) is 8.06. The fraction of sp³-hybridized carbons (Fsp3) is 0.613. The highest BCUT2D eigenvalue weighted by Gasteiger charge is 2.50. The lowest BCUT2D eigenvalue weighted by atomic mass is 9.59. The molecule has 17 nitrogen and oxygen atoms in total. The van der Waals surface area contributed by atoms with E-state index in [2.05, 4.69) is 69.3 Å². The lowest BCUT2D eigenvalue weighted by molar-refractivity contribution is -0.141. The number of hydrogen-bond acceptors (Lipinski definition) is 16. The van der Waals surface area contributed by atoms with Gasteiger partial charge in [0.05, 0.1) is 39.6 Å². The number of fused-ring (bicyclic) bond motifs is 2. The number of nitrogens with one attached hydrogen (secondary N) is 1. The molecule has 12 rings (SSSR count). The Bertz CT molecular complexity index is 2950. The quantitative estimate of drug-likeness (QED) is 0.0785. The molecule has 2 aliphatic carbocycles. The minimum absolute atomic E-state index is 0.0983. The number of nitrogens with zero attached hydrogens (tertiary/aromatic N) is 10. The van der Waals surface area contributed by atoms with Crippen molar-refractivity contribution in [2.45, 2.75) is 128 Å². The minimum atomic E-state index is -0.791. The van der Waals surface area contributed by atoms with Gasteiger partial charge in [-0.15, -0.1) is 21.5 Å². The second-order valence-electron chi connectivity index (χ2n) is 25.7. The molecule has 5 saturated heterocycles. The van der Waals surface area contributed by atoms with Gasteiger partial charge in [0.15, 0.2) is 17.4 Å². The van der Waals surface area contributed by atoms with Gasteiger partial charge in [-0.1, -0.05) is 55.4 Å². The first kappa shape index (κ1) is 54.9. The molecule has 7 aliphatic rings. The summed E-state index contributed by atoms with van der Waals surface area (Å²) in [5.74, 6) is 3.37. The van der Waals surface area contributed by atoms with Gasteiger partial charge in [-0.3, -0.25) is 14.5 Å². The summed E-state index contributed by atoms with van der Waals surface area (Å²) in [6.07, 6.45) is 10.7. The number of β-amino-alcohol motifs (C(OH)–C–C–N with tert-alkyl or cyclic N) is 1. The lowest BCUT2D eigenvalue weighted by Gasteiger charge is -2.57. The molecule has 2 saturated carbocycles. The first-order chi connectivity index (χ1) is 38.7. The second kappa shape index (κ2) is 22.9. The van der Waals surface area contributed by atoms with Crippen LogP contribution in [0.15, 0.2) is 70.7 Å². The molecule has 5 N–H and O–H groups in total. The zero-order chi connectivity index (χ0) is 55.4. The van der Waals surface area contributed by atoms with Gasteiger partial charge in [0.1, 0.15) is 17.7 Å². The van der Waals surface area contributed by atoms with Gasteiger partial charge in [-0.05, 0) is 156 Å². The minimum Gasteiger partial charge on any atom is -0.507 e. The van der Waals surface area contributed by atoms with E-state index in [1.807, 2.05) is 75.7 Å². The molecule has 2 bridgehead atoms. The Hall–Kier alpha value is -5.66. The van der Waals surface area contributed by atoms with Crippen molar-refractivity contribution < 1.29 is 24.3 Å². The fourth-order valence-corrected chi connectivity index (χ4v) is 16.3. The molecule has 2 amide bonds. The summed E-state index contributed by atoms with van der Waals surface area (Å²) in [7, 11) is 2.36. The summed E-state index contributed by atoms with van der Waals surface area (Å²) in [4.78, 5) is 48.4. The van der Waals surface area contributed by atoms with Crippen molar-refractivity contribution in [3.8, 4) is 27.4 Å². The zero-order valence-corrected chi connectivity index (χ0v) is 48.4. The molecule has 5 aromatic rings. The van der Waals surface area contributed by atoms with Crippen LogP contribution in [0.2, 0.25) is 0 Å². The van der Waals surface area contributed by atoms with E-state index in [-0.39, 0.29) is 42.5 Å². The van der Waals surface area contributed by atoms with E-state index in [0.29, 0.717) is 58.1 Å². The van der Waals surface area contributed by atoms with Gasteiger partial charge in [-0.2, -0.15) is 0 Å². The third-order valence-corrected chi connectivity index (χ3v) is 21.3. The number of aliphatic hydroxyl groups excluding tert-OH is 1. The normalized spacial score (nSPS) is 26.8. The molecular weight excluding hydrogens is 1020 g/mol. The first-order valence-electron chi connectivity index (χ1n) is 30.0. The van der Waals surface area contributed by atoms with E-state index in [4.69, 9.17) is 10.3 Å². The summed E-state index contributed by atoms with van der Waals surface area (Å²) >= 11 is 1.61. The molecule has 7 atom stereocenters. The lowest BCUT2D eigenvalue weighted by Crippen LogP contribution is -2.61. The smallest absolute Gasteiger partial charge is 0.243 e. The number of amides is 2. The van der Waals surface area contributed by atoms with Gasteiger partial charge in [0.25, 0.3) is 0 Å². The summed E-state index contributed by atoms with van der Waals surface area (Å²) in [5, 5.41) is 37.7. The fourth-order valence-electron chi connectivity index (χ4n) is 15.5. The number of likely N-dealkylation sites (tertiary alicyclic amines) is 2. The molecule has 1 spiro atoms. The third-order valence-electron chi connectivity index (χ3n) is 20.3. The Morgan fingerprint density at radius 1 is 0.887 bits per heavy atom. The van der Waals surface area contributed by atoms with Crippen molar-refractivity contribution >= 4 is 40.5 Å². The maximum absolute atomic E-state index is 14.5. The largest absolute Gasteiger partial charge is 0.507 e. The molecule has 0 radical (unpaired) electrons. The SMILES string of the molecule is Cc1ncsc1-c1ccc([C@H](C)NC(=O)[C@@H]2C[C@@H](O)CN2C(=O)[C@@H](c2cc(N3CCC(CN4CCC5(CC4)CC(N4CCN(C)[C@@H](CC6C7CCC6CN(c6cc(-c8ccccc8O)nnc6N)C7)C4)C5)CC3)no2)C(C)C)cc1. The summed E-state index contributed by atoms with van der Waals surface area (Å²) in [5.41, 5.74) is 14.2. The highest BCUT2D eigenvalue weighted by atomic mass is 32.1. The van der Waals surface area contributed by atoms with Crippen LogP contribution in [0.25, 0.3) is 21.7 Å². The van der Waals surface area contributed by atoms with Gasteiger partial charge in [-0.25, -0.2) is 4.98 Å². The van der Waals surface area contributed by atoms with E-state index < -0.39 is 18.1 Å². The van der Waals surface area contributed by atoms with Gasteiger partial charge in [0.2, 0.25) is 11.8 Å². The van der Waals surface area contributed by atoms with Crippen molar-refractivity contribution in [2.24, 2.45) is 35.0 Å². The molecule has 2 unspecified atom stereocenters. The molecule has 3 aromatic heterocycles. The number of rotatable bonds is 15. The molecule has 18 heteroatoms. The van der Waals surface area contributed by atoms with E-state index in [1.54, 1.807) is 22.3 Å². The van der Waals surface area contributed by atoms with Gasteiger partial charge < -0.3 is 50.3 Å². The van der Waals surface area contributed by atoms with Crippen molar-refractivity contribution in [1.82, 2.24) is 45.3 Å². The number of aromatic nitrogens is 4. The van der Waals surface area contributed by atoms with Gasteiger partial charge in [0, 0.05) is 89.0 Å². The summed E-state index contributed by atoms with van der Waals surface area (Å²) in [6.45, 7) is 18.9. The van der Waals surface area contributed by atoms with Crippen molar-refractivity contribution in [2.75, 3.05) is 94.6 Å². The molecule has 8 heterocycles. The number of para-hydroxylation sites is 1. The number of phenolic OH excluding ortho intramolecular Hbond substituents is 1. The Balaban J connectivity index is 0.581. The number of aryl methyl sites for hydroxylation is 1. The number of anilines is 3. The number of nitrogen functional groups attached to an aromatic ring is 1. The van der Waals surface area contributed by atoms with Crippen LogP contribution in [-0.2, 0) is 9.59 Å². The van der Waals surface area contributed by atoms with Crippen molar-refractivity contribution in [3.05, 3.63) is 83.2 Å². The van der Waals surface area contributed by atoms with Crippen molar-refractivity contribution in [1.29, 1.82) is 0 Å². The number of aliphatic hydroxyl groups is 1. The van der Waals surface area contributed by atoms with Crippen LogP contribution in [0.3, 0.4) is 0 Å². The van der Waals surface area contributed by atoms with Crippen LogP contribution in [0.5, 0.6) is 5.75 Å². The van der Waals surface area contributed by atoms with E-state index >= 15 is 0 Å². The number of nitrogens with two attached hydrogens (primary N) is 1. The van der Waals surface area contributed by atoms with Crippen LogP contribution in [0.4, 0.5) is 17.3 Å². The maximum Gasteiger partial charge on any atom is 0.243 e. The number of likely N-dealkylation sites (N-methyl/N-ethyl adjacent to an activating group) is 1. The Morgan fingerprint density at radius 3 is 2.33 bits per heavy atom. The van der Waals surface area contributed by atoms with E-state index in [0.717, 1.165) is 91.2 Å². The topological polar surface area (TPSA) is 197 Å². The molecule has 428 valence electrons. The molecule has 80 heavy (non-hydrogen) atoms. The van der Waals surface area contributed by atoms with E-state index in [9.17, 15) is 19.8 Å². The van der Waals surface area contributed by atoms with Crippen LogP contribution in [-0.4, -0.2) is 165 Å². The number of aromatic hydroxyl groups is 1. The average Bonchev–Trinajstić information content (AvgIpc) is 4.26. The van der Waals surface area contributed by atoms with Crippen molar-refractivity contribution in [3.63, 3.8) is 0 Å². The summed E-state index contributed by atoms with van der Waals surface area (Å²) < 4.78 is 5.99. The number of carbonyl (C=O) groups is 2. The number of thiazole rings is 1. The Labute approximate surface area is 476 Å². The van der Waals surface area contributed by atoms with Crippen LogP contribution >= 0.6 is 11.3 Å². The standard InChI is InChI=1S/C62H84N12O5S/c1-38(2)57(61(78)74-36-48(75)27-53(74)60(77)65-39(3)42-10-12-43(13-11-42)58-40(4)64-37-80-58)55-29-56(68-79-55)71-20-16-41(17-21-71)32-70-22-18-62(19-23-70)30-47(31-62)72-25-24-69(5)46(35-72)26-50-44-14-15-45(50)34-73(33-44)52-28-51(66-67-59(52)63)49-8-6-7-9-54(49)76/h6-13,28-29,37-39,41,44-48,50,53,57,75-76H,14-27,30-36H2,1-5H3,(H2,63,67)(H,65,77)/t39-,44?,45?,46-,48+,50?,53-,57+/m0/s1. The molecule has 5 aliphatic heterocycles. The molecule has 7 fully saturated rings. The van der Waals surface area contributed by atoms with Crippen LogP contribution in [0, 0.1) is 41.9 Å². The van der Waals surface area contributed by atoms with E-state index in [1.165, 1.54) is 71.1 Å². The highest BCUT2D eigenvalue weighted by Crippen LogP contribution is 2.52. The predicted molar refractivity (Wildman–Crippen MR) is 313 cm³/mol. The average molecular weight is 1110 g/mol. The molecular formula is C62H84N12O5S. The maximum atomic E-state index is 14.5. The first-order valence-corrected chi connectivity index (χ1v) is 30.9. The number of benzene rings is 2. The Kier molecular flexibility index (Phi) is 15.7. The summed E-state index contributed by atoms with van der Waals surface area (Å²) in [6, 6.07) is 19.6. The zero-order valence-electron chi connectivity index (χ0n) is 47.6. The van der Waals surface area contributed by atoms with Crippen LogP contribution < -0.4 is 20.9 Å². The molecule has 2 aromatic carbocycles. The number of hydrogen-bond donors (Lipinski definition) is 4. The Morgan fingerprint density at radius 2 is 1.62 bits per heavy atom.